The molecule has 2 saturated carbocycles. The van der Waals surface area contributed by atoms with Gasteiger partial charge in [-0.05, 0) is 214 Å². The molecular weight excluding hydrogens is 1780 g/mol. The summed E-state index contributed by atoms with van der Waals surface area (Å²) in [5.74, 6) is -12.5. The van der Waals surface area contributed by atoms with Crippen LogP contribution in [0.4, 0.5) is 9.59 Å². The molecule has 8 aliphatic rings. The van der Waals surface area contributed by atoms with Crippen LogP contribution in [-0.2, 0) is 90.4 Å². The van der Waals surface area contributed by atoms with Crippen LogP contribution in [-0.4, -0.2) is 295 Å². The lowest BCUT2D eigenvalue weighted by Gasteiger charge is -2.47. The molecule has 2 unspecified atom stereocenters. The first-order valence-electron chi connectivity index (χ1n) is 50.4. The van der Waals surface area contributed by atoms with Gasteiger partial charge in [0.1, 0.15) is 54.2 Å². The van der Waals surface area contributed by atoms with Gasteiger partial charge in [0.25, 0.3) is 11.8 Å². The molecule has 0 aromatic heterocycles. The van der Waals surface area contributed by atoms with Gasteiger partial charge in [-0.1, -0.05) is 142 Å². The van der Waals surface area contributed by atoms with Crippen molar-refractivity contribution in [2.75, 3.05) is 69.8 Å². The first kappa shape index (κ1) is 117. The zero-order valence-electron chi connectivity index (χ0n) is 86.2. The van der Waals surface area contributed by atoms with Crippen molar-refractivity contribution in [3.63, 3.8) is 0 Å². The van der Waals surface area contributed by atoms with E-state index < -0.39 is 175 Å². The van der Waals surface area contributed by atoms with Crippen LogP contribution < -0.4 is 10.6 Å². The van der Waals surface area contributed by atoms with Crippen LogP contribution in [0.2, 0.25) is 0 Å². The summed E-state index contributed by atoms with van der Waals surface area (Å²) in [6, 6.07) is -2.27. The number of hydrogen-bond acceptors (Lipinski definition) is 27. The number of Topliss-reactive ketones (excluding diaryl/α,β-unsaturated/α-hetero) is 3. The Morgan fingerprint density at radius 2 is 0.855 bits per heavy atom. The summed E-state index contributed by atoms with van der Waals surface area (Å²) in [6.45, 7) is 25.8. The van der Waals surface area contributed by atoms with Gasteiger partial charge in [-0.15, -0.1) is 0 Å². The van der Waals surface area contributed by atoms with E-state index in [2.05, 4.69) is 10.6 Å². The highest BCUT2D eigenvalue weighted by molar-refractivity contribution is 5.92. The molecule has 0 radical (unpaired) electrons. The maximum Gasteiger partial charge on any atom is 0.407 e. The van der Waals surface area contributed by atoms with E-state index in [1.165, 1.54) is 38.1 Å². The van der Waals surface area contributed by atoms with Crippen LogP contribution in [0.25, 0.3) is 0 Å². The average Bonchev–Trinajstić information content (AvgIpc) is 0.769. The number of fused-ring (bicyclic) bond motifs is 6. The average molecular weight is 1950 g/mol. The van der Waals surface area contributed by atoms with E-state index in [9.17, 15) is 78.6 Å². The molecule has 4 amide bonds. The van der Waals surface area contributed by atoms with E-state index >= 15 is 0 Å². The number of alkyl carbamates (subject to hydrolysis) is 2. The molecule has 8 rings (SSSR count). The lowest BCUT2D eigenvalue weighted by molar-refractivity contribution is -0.316. The predicted octanol–water partition coefficient (Wildman–Crippen LogP) is 12.6. The summed E-state index contributed by atoms with van der Waals surface area (Å²) < 4.78 is 71.3. The van der Waals surface area contributed by atoms with Crippen LogP contribution in [0.15, 0.2) is 95.2 Å². The lowest BCUT2D eigenvalue weighted by Crippen LogP contribution is -2.64. The molecule has 6 fully saturated rings. The van der Waals surface area contributed by atoms with Gasteiger partial charge in [0.05, 0.1) is 54.7 Å². The highest BCUT2D eigenvalue weighted by Gasteiger charge is 2.59. The number of nitrogens with one attached hydrogen (secondary N) is 2. The Balaban J connectivity index is 0.000000376. The summed E-state index contributed by atoms with van der Waals surface area (Å²) in [5, 5.41) is 73.9. The normalized spacial score (nSPS) is 39.7. The van der Waals surface area contributed by atoms with Gasteiger partial charge < -0.3 is 108 Å². The number of carbonyl (C=O) groups is 9. The second-order valence-electron chi connectivity index (χ2n) is 40.8. The molecule has 32 nitrogen and oxygen atoms in total. The molecule has 6 aliphatic heterocycles. The van der Waals surface area contributed by atoms with E-state index in [0.29, 0.717) is 133 Å². The number of methoxy groups -OCH3 is 6. The molecular formula is C106H169N4O28+. The fourth-order valence-corrected chi connectivity index (χ4v) is 21.1. The number of piperidine rings is 2. The Morgan fingerprint density at radius 1 is 0.471 bits per heavy atom. The minimum absolute atomic E-state index is 0.00866. The molecule has 4 saturated heterocycles. The highest BCUT2D eigenvalue weighted by Crippen LogP contribution is 2.44. The third-order valence-corrected chi connectivity index (χ3v) is 30.1. The highest BCUT2D eigenvalue weighted by atomic mass is 16.7. The minimum Gasteiger partial charge on any atom is -0.460 e. The Hall–Kier alpha value is -7.54. The number of allylic oxidation sites excluding steroid dienone is 12. The minimum atomic E-state index is -2.28. The lowest BCUT2D eigenvalue weighted by atomic mass is 9.78. The molecule has 0 spiro atoms. The summed E-state index contributed by atoms with van der Waals surface area (Å²) in [6.07, 6.45) is 16.9. The molecule has 780 valence electrons. The van der Waals surface area contributed by atoms with Crippen molar-refractivity contribution in [1.82, 2.24) is 20.4 Å². The zero-order valence-corrected chi connectivity index (χ0v) is 86.2. The number of ether oxygens (including phenoxy) is 12. The standard InChI is InChI=1S/2C53H84N2O14/c2*1-31-17-13-12-14-18-32(2)43(64-9)29-39-22-20-37(7)53(63,69-39)49(68-52(62)54-8)50(60)55-24-16-15-19-40(55)51(61)67-44(34(4)27-38-21-23-41(56)45(28-38)65-10)30-42(57)33(3)26-36(6)47(59)48(66-11)46(58)35(5)25-31/h2*12-14,17-18,26,31,33-35,37-41,43-45,47-49,56,59,63H,15-16,19-25,27-30H2,1-11H3,(H,54,62)/p+1/b2*14-12+,17-13+,32-18+,36-26+/t31-,33-,34-,35-,37-,38+,39+,40?,41-,43+,44+,45-,47-,48+,49+,53-;31-,33-,34-,35-,37-,38+,39+,40?,41-,43+,44+,45-,47-,48+,49-,53-/m11/s1. The topological polar surface area (TPSA) is 438 Å². The number of nitrogens with zero attached hydrogens (tertiary/aromatic N) is 2. The number of esters is 2. The smallest absolute Gasteiger partial charge is 0.407 e. The van der Waals surface area contributed by atoms with E-state index in [1.54, 1.807) is 82.1 Å². The van der Waals surface area contributed by atoms with E-state index in [4.69, 9.17) is 56.8 Å². The van der Waals surface area contributed by atoms with E-state index in [0.717, 1.165) is 17.6 Å². The first-order chi connectivity index (χ1) is 65.4. The van der Waals surface area contributed by atoms with Crippen molar-refractivity contribution >= 4 is 59.1 Å². The van der Waals surface area contributed by atoms with Crippen molar-refractivity contribution in [3.8, 4) is 0 Å². The van der Waals surface area contributed by atoms with E-state index in [1.807, 2.05) is 116 Å². The third-order valence-electron chi connectivity index (χ3n) is 30.1. The van der Waals surface area contributed by atoms with Gasteiger partial charge in [0.15, 0.2) is 11.9 Å². The SMILES string of the molecule is CNC(=O)O[C@@H]1C(=O)N2CCCCC2C(=O)O[C@H]([C@H](C)C[C@@H]2CC[C@@H](O)[C@H](OC)C2)CC(=O)[C@H](C)/C=C(\C)[C@@H](O)[C@@H](OC)C(=[OH+])[C@H](C)C[C@H](C)/C=C/C=C/C=C(\C)[C@@H](OC)C[C@@H]2CC[C@@H](C)[C@@]1(O)O2.CNC(=O)O[C@H]1C(=O)N2CCCCC2C(=O)O[C@H]([C@H](C)C[C@@H]2CC[C@@H](O)[C@H](OC)C2)CC(=O)[C@H](C)/C=C(\C)[C@@H](O)[C@@H](OC)C(=O)[C@H](C)C[C@H](C)/C=C/C=C/C=C(\C)[C@@H](OC)C[C@@H]2CC[C@@H](C)[C@@]1(O)O2. The predicted molar refractivity (Wildman–Crippen MR) is 521 cm³/mol. The Bertz CT molecular complexity index is 3960. The molecule has 0 aromatic rings. The second kappa shape index (κ2) is 56.5. The van der Waals surface area contributed by atoms with E-state index in [-0.39, 0.29) is 116 Å². The molecule has 32 atom stereocenters. The number of aliphatic hydroxyl groups is 6. The van der Waals surface area contributed by atoms with Crippen LogP contribution in [0.1, 0.15) is 251 Å². The van der Waals surface area contributed by atoms with Gasteiger partial charge in [0, 0.05) is 125 Å². The van der Waals surface area contributed by atoms with Crippen molar-refractivity contribution in [2.24, 2.45) is 71.0 Å². The zero-order chi connectivity index (χ0) is 102. The molecule has 138 heavy (non-hydrogen) atoms. The molecule has 32 heteroatoms. The first-order valence-corrected chi connectivity index (χ1v) is 50.4. The fourth-order valence-electron chi connectivity index (χ4n) is 21.1. The summed E-state index contributed by atoms with van der Waals surface area (Å²) in [5.41, 5.74) is 2.56. The third kappa shape index (κ3) is 32.7. The van der Waals surface area contributed by atoms with Crippen molar-refractivity contribution in [1.29, 1.82) is 0 Å². The van der Waals surface area contributed by atoms with Gasteiger partial charge in [-0.2, -0.15) is 0 Å². The Kier molecular flexibility index (Phi) is 48.1. The van der Waals surface area contributed by atoms with Gasteiger partial charge in [-0.25, -0.2) is 19.2 Å². The van der Waals surface area contributed by atoms with Crippen LogP contribution >= 0.6 is 0 Å². The van der Waals surface area contributed by atoms with Crippen molar-refractivity contribution in [3.05, 3.63) is 95.2 Å². The van der Waals surface area contributed by atoms with Crippen LogP contribution in [0.5, 0.6) is 0 Å². The monoisotopic (exact) mass is 1950 g/mol. The van der Waals surface area contributed by atoms with Crippen molar-refractivity contribution < 1.29 is 135 Å². The number of cyclic esters (lactones) is 2. The molecule has 0 aromatic carbocycles. The fraction of sp³-hybridized carbons (Fsp3) is 0.755. The number of ketones is 4. The van der Waals surface area contributed by atoms with Gasteiger partial charge in [0.2, 0.25) is 23.8 Å². The Labute approximate surface area is 819 Å². The number of amides is 4. The molecule has 4 bridgehead atoms. The summed E-state index contributed by atoms with van der Waals surface area (Å²) in [4.78, 5) is 141. The number of rotatable bonds is 14. The second-order valence-corrected chi connectivity index (χ2v) is 40.8. The van der Waals surface area contributed by atoms with Crippen molar-refractivity contribution in [2.45, 2.75) is 372 Å². The quantitative estimate of drug-likeness (QED) is 0.0346. The van der Waals surface area contributed by atoms with Crippen LogP contribution in [0, 0.1) is 71.0 Å². The summed E-state index contributed by atoms with van der Waals surface area (Å²) >= 11 is 0. The van der Waals surface area contributed by atoms with Gasteiger partial charge in [-0.3, -0.25) is 28.8 Å². The Morgan fingerprint density at radius 3 is 1.22 bits per heavy atom. The largest absolute Gasteiger partial charge is 0.460 e. The molecule has 2 aliphatic carbocycles. The molecule has 6 heterocycles. The number of carbonyl (C=O) groups excluding carboxylic acids is 10. The maximum atomic E-state index is 14.9. The molecule has 9 N–H and O–H groups in total. The van der Waals surface area contributed by atoms with Gasteiger partial charge >= 0.3 is 29.9 Å². The summed E-state index contributed by atoms with van der Waals surface area (Å²) in [7, 11) is 11.8. The van der Waals surface area contributed by atoms with Crippen LogP contribution in [0.3, 0.4) is 0 Å². The maximum absolute atomic E-state index is 14.9. The number of aliphatic hydroxyl groups excluding tert-OH is 4. The number of hydrogen-bond donors (Lipinski definition) is 8.